The Hall–Kier alpha value is -1.12. The second kappa shape index (κ2) is 5.52. The van der Waals surface area contributed by atoms with Gasteiger partial charge in [0, 0.05) is 6.42 Å². The molecule has 0 aliphatic heterocycles. The van der Waals surface area contributed by atoms with Gasteiger partial charge >= 0.3 is 5.97 Å². The van der Waals surface area contributed by atoms with E-state index in [2.05, 4.69) is 4.74 Å². The zero-order valence-corrected chi connectivity index (χ0v) is 6.73. The summed E-state index contributed by atoms with van der Waals surface area (Å²) in [6.07, 6.45) is -1.96. The number of aliphatic hydroxyl groups is 2. The summed E-state index contributed by atoms with van der Waals surface area (Å²) in [6, 6.07) is 1.62. The molecule has 5 heteroatoms. The average Bonchev–Trinajstić information content (AvgIpc) is 2.00. The van der Waals surface area contributed by atoms with Gasteiger partial charge < -0.3 is 14.9 Å². The van der Waals surface area contributed by atoms with Crippen LogP contribution in [0.4, 0.5) is 0 Å². The fourth-order valence-corrected chi connectivity index (χ4v) is 0.655. The number of nitrogens with zero attached hydrogens (tertiary/aromatic N) is 1. The maximum absolute atomic E-state index is 10.8. The first kappa shape index (κ1) is 10.9. The van der Waals surface area contributed by atoms with E-state index in [-0.39, 0.29) is 13.0 Å². The highest BCUT2D eigenvalue weighted by molar-refractivity contribution is 5.75. The molecule has 0 saturated heterocycles. The molecule has 2 N–H and O–H groups in total. The maximum atomic E-state index is 10.8. The minimum absolute atomic E-state index is 0.179. The molecule has 0 aliphatic rings. The minimum Gasteiger partial charge on any atom is -0.465 e. The minimum atomic E-state index is -1.65. The highest BCUT2D eigenvalue weighted by Crippen LogP contribution is 2.06. The summed E-state index contributed by atoms with van der Waals surface area (Å²) in [5, 5.41) is 25.3. The summed E-state index contributed by atoms with van der Waals surface area (Å²) >= 11 is 0. The van der Waals surface area contributed by atoms with Crippen molar-refractivity contribution in [3.8, 4) is 6.07 Å². The first-order chi connectivity index (χ1) is 5.61. The van der Waals surface area contributed by atoms with Crippen molar-refractivity contribution < 1.29 is 19.7 Å². The van der Waals surface area contributed by atoms with Crippen LogP contribution >= 0.6 is 0 Å². The van der Waals surface area contributed by atoms with Crippen molar-refractivity contribution in [3.63, 3.8) is 0 Å². The van der Waals surface area contributed by atoms with Crippen molar-refractivity contribution in [2.75, 3.05) is 6.61 Å². The van der Waals surface area contributed by atoms with Gasteiger partial charge in [-0.15, -0.1) is 0 Å². The van der Waals surface area contributed by atoms with E-state index in [1.54, 1.807) is 13.0 Å². The monoisotopic (exact) mass is 173 g/mol. The predicted molar refractivity (Wildman–Crippen MR) is 38.6 cm³/mol. The molecule has 0 amide bonds. The van der Waals surface area contributed by atoms with Gasteiger partial charge in [-0.05, 0) is 6.92 Å². The van der Waals surface area contributed by atoms with Crippen molar-refractivity contribution in [1.29, 1.82) is 5.26 Å². The highest BCUT2D eigenvalue weighted by Gasteiger charge is 2.21. The molecular weight excluding hydrogens is 162 g/mol. The zero-order valence-electron chi connectivity index (χ0n) is 6.73. The molecule has 0 aromatic carbocycles. The summed E-state index contributed by atoms with van der Waals surface area (Å²) in [5.74, 6) is -1.81. The van der Waals surface area contributed by atoms with Crippen LogP contribution in [-0.2, 0) is 9.53 Å². The van der Waals surface area contributed by atoms with Crippen LogP contribution in [0.25, 0.3) is 0 Å². The van der Waals surface area contributed by atoms with Crippen LogP contribution in [0.3, 0.4) is 0 Å². The van der Waals surface area contributed by atoms with E-state index in [1.807, 2.05) is 0 Å². The van der Waals surface area contributed by atoms with Crippen molar-refractivity contribution in [1.82, 2.24) is 0 Å². The van der Waals surface area contributed by atoms with Crippen LogP contribution in [0.2, 0.25) is 0 Å². The lowest BCUT2D eigenvalue weighted by atomic mass is 10.1. The van der Waals surface area contributed by atoms with Crippen LogP contribution < -0.4 is 0 Å². The molecule has 1 unspecified atom stereocenters. The number of hydrogen-bond donors (Lipinski definition) is 2. The Labute approximate surface area is 70.2 Å². The van der Waals surface area contributed by atoms with E-state index in [1.165, 1.54) is 0 Å². The van der Waals surface area contributed by atoms with Crippen molar-refractivity contribution in [2.24, 2.45) is 5.92 Å². The van der Waals surface area contributed by atoms with Gasteiger partial charge in [0.15, 0.2) is 6.29 Å². The summed E-state index contributed by atoms with van der Waals surface area (Å²) < 4.78 is 4.51. The van der Waals surface area contributed by atoms with Crippen molar-refractivity contribution >= 4 is 5.97 Å². The lowest BCUT2D eigenvalue weighted by molar-refractivity contribution is -0.149. The van der Waals surface area contributed by atoms with Gasteiger partial charge in [0.2, 0.25) is 0 Å². The molecule has 0 bridgehead atoms. The number of ether oxygens (including phenoxy) is 1. The molecule has 0 aromatic heterocycles. The SMILES string of the molecule is CCOC(=O)C(C#N)CC(O)O. The number of aliphatic hydroxyl groups excluding tert-OH is 1. The number of esters is 1. The van der Waals surface area contributed by atoms with Gasteiger partial charge in [0.05, 0.1) is 12.7 Å². The smallest absolute Gasteiger partial charge is 0.323 e. The molecule has 0 aromatic rings. The normalized spacial score (nSPS) is 12.2. The second-order valence-electron chi connectivity index (χ2n) is 2.15. The summed E-state index contributed by atoms with van der Waals surface area (Å²) in [6.45, 7) is 1.79. The predicted octanol–water partition coefficient (Wildman–Crippen LogP) is -0.610. The molecule has 0 spiro atoms. The molecule has 0 fully saturated rings. The van der Waals surface area contributed by atoms with Gasteiger partial charge in [0.25, 0.3) is 0 Å². The zero-order chi connectivity index (χ0) is 9.56. The highest BCUT2D eigenvalue weighted by atomic mass is 16.5. The van der Waals surface area contributed by atoms with E-state index in [4.69, 9.17) is 15.5 Å². The van der Waals surface area contributed by atoms with Crippen LogP contribution in [0.15, 0.2) is 0 Å². The van der Waals surface area contributed by atoms with E-state index >= 15 is 0 Å². The summed E-state index contributed by atoms with van der Waals surface area (Å²) in [5.41, 5.74) is 0. The molecule has 0 aliphatic carbocycles. The fraction of sp³-hybridized carbons (Fsp3) is 0.714. The molecule has 12 heavy (non-hydrogen) atoms. The number of carbonyl (C=O) groups excluding carboxylic acids is 1. The van der Waals surface area contributed by atoms with Crippen LogP contribution in [0.5, 0.6) is 0 Å². The average molecular weight is 173 g/mol. The fourth-order valence-electron chi connectivity index (χ4n) is 0.655. The van der Waals surface area contributed by atoms with Gasteiger partial charge in [-0.1, -0.05) is 0 Å². The second-order valence-corrected chi connectivity index (χ2v) is 2.15. The molecule has 5 nitrogen and oxygen atoms in total. The van der Waals surface area contributed by atoms with Gasteiger partial charge in [-0.2, -0.15) is 5.26 Å². The van der Waals surface area contributed by atoms with Crippen LogP contribution in [-0.4, -0.2) is 29.1 Å². The van der Waals surface area contributed by atoms with Crippen molar-refractivity contribution in [3.05, 3.63) is 0 Å². The Balaban J connectivity index is 3.99. The molecule has 68 valence electrons. The number of hydrogen-bond acceptors (Lipinski definition) is 5. The third-order valence-electron chi connectivity index (χ3n) is 1.17. The third kappa shape index (κ3) is 3.91. The van der Waals surface area contributed by atoms with Gasteiger partial charge in [-0.25, -0.2) is 0 Å². The summed E-state index contributed by atoms with van der Waals surface area (Å²) in [4.78, 5) is 10.8. The van der Waals surface area contributed by atoms with Gasteiger partial charge in [-0.3, -0.25) is 4.79 Å². The molecule has 1 atom stereocenters. The molecule has 0 radical (unpaired) electrons. The topological polar surface area (TPSA) is 90.6 Å². The van der Waals surface area contributed by atoms with Crippen LogP contribution in [0, 0.1) is 17.2 Å². The summed E-state index contributed by atoms with van der Waals surface area (Å²) in [7, 11) is 0. The van der Waals surface area contributed by atoms with E-state index in [0.29, 0.717) is 0 Å². The lowest BCUT2D eigenvalue weighted by Crippen LogP contribution is -2.21. The number of nitriles is 1. The number of carbonyl (C=O) groups is 1. The first-order valence-corrected chi connectivity index (χ1v) is 3.54. The molecular formula is C7H11NO4. The molecule has 0 saturated carbocycles. The van der Waals surface area contributed by atoms with E-state index in [9.17, 15) is 4.79 Å². The maximum Gasteiger partial charge on any atom is 0.323 e. The standard InChI is InChI=1S/C7H11NO4/c1-2-12-7(11)5(4-8)3-6(9)10/h5-6,9-10H,2-3H2,1H3. The van der Waals surface area contributed by atoms with Crippen LogP contribution in [0.1, 0.15) is 13.3 Å². The quantitative estimate of drug-likeness (QED) is 0.437. The Bertz CT molecular complexity index is 184. The number of rotatable bonds is 4. The first-order valence-electron chi connectivity index (χ1n) is 3.54. The van der Waals surface area contributed by atoms with Crippen molar-refractivity contribution in [2.45, 2.75) is 19.6 Å². The van der Waals surface area contributed by atoms with Gasteiger partial charge in [0.1, 0.15) is 5.92 Å². The Morgan fingerprint density at radius 3 is 2.58 bits per heavy atom. The van der Waals surface area contributed by atoms with E-state index < -0.39 is 18.2 Å². The Morgan fingerprint density at radius 1 is 1.67 bits per heavy atom. The Morgan fingerprint density at radius 2 is 2.25 bits per heavy atom. The Kier molecular flexibility index (Phi) is 5.00. The lowest BCUT2D eigenvalue weighted by Gasteiger charge is -2.08. The largest absolute Gasteiger partial charge is 0.465 e. The molecule has 0 heterocycles. The van der Waals surface area contributed by atoms with E-state index in [0.717, 1.165) is 0 Å². The third-order valence-corrected chi connectivity index (χ3v) is 1.17. The molecule has 0 rings (SSSR count).